The fraction of sp³-hybridized carbons (Fsp3) is 0.158. The van der Waals surface area contributed by atoms with Crippen LogP contribution in [0.1, 0.15) is 21.6 Å². The summed E-state index contributed by atoms with van der Waals surface area (Å²) < 4.78 is 12.9. The third-order valence-electron chi connectivity index (χ3n) is 3.71. The van der Waals surface area contributed by atoms with Crippen molar-refractivity contribution in [3.63, 3.8) is 0 Å². The first-order chi connectivity index (χ1) is 13.1. The van der Waals surface area contributed by atoms with Gasteiger partial charge in [-0.05, 0) is 48.4 Å². The van der Waals surface area contributed by atoms with Crippen LogP contribution in [0.3, 0.4) is 0 Å². The van der Waals surface area contributed by atoms with Gasteiger partial charge in [0.25, 0.3) is 5.91 Å². The third kappa shape index (κ3) is 5.68. The van der Waals surface area contributed by atoms with Gasteiger partial charge in [-0.3, -0.25) is 19.9 Å². The van der Waals surface area contributed by atoms with E-state index in [2.05, 4.69) is 20.6 Å². The van der Waals surface area contributed by atoms with E-state index in [4.69, 9.17) is 0 Å². The van der Waals surface area contributed by atoms with E-state index in [1.165, 1.54) is 35.6 Å². The molecule has 3 aromatic rings. The molecule has 6 nitrogen and oxygen atoms in total. The molecule has 0 unspecified atom stereocenters. The van der Waals surface area contributed by atoms with Gasteiger partial charge in [-0.1, -0.05) is 0 Å². The van der Waals surface area contributed by atoms with Gasteiger partial charge in [0.2, 0.25) is 5.91 Å². The maximum atomic E-state index is 12.9. The van der Waals surface area contributed by atoms with Crippen molar-refractivity contribution >= 4 is 28.3 Å². The maximum absolute atomic E-state index is 12.9. The van der Waals surface area contributed by atoms with Crippen molar-refractivity contribution in [1.82, 2.24) is 15.3 Å². The van der Waals surface area contributed by atoms with E-state index in [1.807, 2.05) is 12.1 Å². The lowest BCUT2D eigenvalue weighted by atomic mass is 10.2. The summed E-state index contributed by atoms with van der Waals surface area (Å²) in [6.07, 6.45) is 4.30. The molecule has 0 bridgehead atoms. The van der Waals surface area contributed by atoms with Crippen molar-refractivity contribution in [2.75, 3.05) is 11.9 Å². The minimum absolute atomic E-state index is 0.134. The van der Waals surface area contributed by atoms with Gasteiger partial charge in [-0.15, -0.1) is 11.3 Å². The number of pyridine rings is 1. The van der Waals surface area contributed by atoms with Crippen molar-refractivity contribution in [2.45, 2.75) is 12.8 Å². The summed E-state index contributed by atoms with van der Waals surface area (Å²) >= 11 is 1.23. The van der Waals surface area contributed by atoms with Crippen LogP contribution in [0.2, 0.25) is 0 Å². The minimum Gasteiger partial charge on any atom is -0.355 e. The Balaban J connectivity index is 1.46. The number of nitrogens with zero attached hydrogens (tertiary/aromatic N) is 2. The van der Waals surface area contributed by atoms with E-state index in [9.17, 15) is 14.0 Å². The van der Waals surface area contributed by atoms with Gasteiger partial charge >= 0.3 is 0 Å². The average Bonchev–Trinajstić information content (AvgIpc) is 3.09. The highest BCUT2D eigenvalue weighted by molar-refractivity contribution is 7.14. The van der Waals surface area contributed by atoms with Crippen LogP contribution in [0, 0.1) is 5.82 Å². The van der Waals surface area contributed by atoms with Crippen molar-refractivity contribution in [1.29, 1.82) is 0 Å². The molecule has 2 N–H and O–H groups in total. The molecule has 0 aliphatic carbocycles. The zero-order chi connectivity index (χ0) is 19.1. The summed E-state index contributed by atoms with van der Waals surface area (Å²) in [4.78, 5) is 32.3. The quantitative estimate of drug-likeness (QED) is 0.656. The molecular formula is C19H17FN4O2S. The highest BCUT2D eigenvalue weighted by Gasteiger charge is 2.11. The summed E-state index contributed by atoms with van der Waals surface area (Å²) in [6.45, 7) is 0.529. The zero-order valence-corrected chi connectivity index (χ0v) is 15.1. The molecule has 0 aliphatic heterocycles. The molecule has 0 saturated heterocycles. The van der Waals surface area contributed by atoms with E-state index >= 15 is 0 Å². The molecule has 2 aromatic heterocycles. The predicted octanol–water partition coefficient (Wildman–Crippen LogP) is 2.83. The van der Waals surface area contributed by atoms with Gasteiger partial charge in [-0.2, -0.15) is 0 Å². The fourth-order valence-electron chi connectivity index (χ4n) is 2.34. The summed E-state index contributed by atoms with van der Waals surface area (Å²) in [6, 6.07) is 9.05. The van der Waals surface area contributed by atoms with Crippen molar-refractivity contribution in [2.24, 2.45) is 0 Å². The van der Waals surface area contributed by atoms with Crippen LogP contribution in [0.4, 0.5) is 9.52 Å². The van der Waals surface area contributed by atoms with Gasteiger partial charge < -0.3 is 5.32 Å². The summed E-state index contributed by atoms with van der Waals surface area (Å²) in [5.74, 6) is -0.915. The Bertz CT molecular complexity index is 913. The average molecular weight is 384 g/mol. The molecule has 0 spiro atoms. The first-order valence-electron chi connectivity index (χ1n) is 8.27. The number of carbonyl (C=O) groups excluding carboxylic acids is 2. The van der Waals surface area contributed by atoms with Gasteiger partial charge in [0.15, 0.2) is 5.13 Å². The van der Waals surface area contributed by atoms with Crippen molar-refractivity contribution in [3.05, 3.63) is 76.8 Å². The molecule has 0 radical (unpaired) electrons. The van der Waals surface area contributed by atoms with E-state index in [0.29, 0.717) is 22.9 Å². The summed E-state index contributed by atoms with van der Waals surface area (Å²) in [5, 5.41) is 7.61. The SMILES string of the molecule is O=C(Cc1csc(NC(=O)c2ccc(F)cc2)n1)NCCc1ccncc1. The Morgan fingerprint density at radius 2 is 1.81 bits per heavy atom. The Hall–Kier alpha value is -3.13. The highest BCUT2D eigenvalue weighted by Crippen LogP contribution is 2.17. The molecule has 2 heterocycles. The Morgan fingerprint density at radius 3 is 2.56 bits per heavy atom. The largest absolute Gasteiger partial charge is 0.355 e. The molecule has 138 valence electrons. The maximum Gasteiger partial charge on any atom is 0.257 e. The summed E-state index contributed by atoms with van der Waals surface area (Å²) in [5.41, 5.74) is 2.02. The van der Waals surface area contributed by atoms with Crippen LogP contribution in [0.5, 0.6) is 0 Å². The Morgan fingerprint density at radius 1 is 1.07 bits per heavy atom. The lowest BCUT2D eigenvalue weighted by Crippen LogP contribution is -2.27. The van der Waals surface area contributed by atoms with E-state index in [0.717, 1.165) is 12.0 Å². The first kappa shape index (κ1) is 18.7. The molecule has 8 heteroatoms. The normalized spacial score (nSPS) is 10.4. The van der Waals surface area contributed by atoms with Crippen molar-refractivity contribution < 1.29 is 14.0 Å². The highest BCUT2D eigenvalue weighted by atomic mass is 32.1. The smallest absolute Gasteiger partial charge is 0.257 e. The van der Waals surface area contributed by atoms with E-state index < -0.39 is 5.82 Å². The van der Waals surface area contributed by atoms with Crippen LogP contribution in [0.25, 0.3) is 0 Å². The number of rotatable bonds is 7. The lowest BCUT2D eigenvalue weighted by Gasteiger charge is -2.04. The van der Waals surface area contributed by atoms with Crippen molar-refractivity contribution in [3.8, 4) is 0 Å². The Kier molecular flexibility index (Phi) is 6.22. The van der Waals surface area contributed by atoms with Gasteiger partial charge in [0, 0.05) is 29.9 Å². The number of benzene rings is 1. The minimum atomic E-state index is -0.405. The van der Waals surface area contributed by atoms with Gasteiger partial charge in [-0.25, -0.2) is 9.37 Å². The standard InChI is InChI=1S/C19H17FN4O2S/c20-15-3-1-14(2-4-15)18(26)24-19-23-16(12-27-19)11-17(25)22-10-7-13-5-8-21-9-6-13/h1-6,8-9,12H,7,10-11H2,(H,22,25)(H,23,24,26). The first-order valence-corrected chi connectivity index (χ1v) is 9.15. The zero-order valence-electron chi connectivity index (χ0n) is 14.3. The number of carbonyl (C=O) groups is 2. The monoisotopic (exact) mass is 384 g/mol. The van der Waals surface area contributed by atoms with Gasteiger partial charge in [0.05, 0.1) is 12.1 Å². The topological polar surface area (TPSA) is 84.0 Å². The van der Waals surface area contributed by atoms with Crippen LogP contribution >= 0.6 is 11.3 Å². The fourth-order valence-corrected chi connectivity index (χ4v) is 3.04. The second kappa shape index (κ2) is 9.00. The van der Waals surface area contributed by atoms with Crippen LogP contribution < -0.4 is 10.6 Å². The number of anilines is 1. The number of amides is 2. The lowest BCUT2D eigenvalue weighted by molar-refractivity contribution is -0.120. The van der Waals surface area contributed by atoms with Crippen LogP contribution in [-0.4, -0.2) is 28.3 Å². The summed E-state index contributed by atoms with van der Waals surface area (Å²) in [7, 11) is 0. The second-order valence-corrected chi connectivity index (χ2v) is 6.60. The second-order valence-electron chi connectivity index (χ2n) is 5.74. The number of halogens is 1. The number of nitrogens with one attached hydrogen (secondary N) is 2. The number of aromatic nitrogens is 2. The molecule has 0 aliphatic rings. The third-order valence-corrected chi connectivity index (χ3v) is 4.51. The molecule has 1 aromatic carbocycles. The molecule has 3 rings (SSSR count). The van der Waals surface area contributed by atoms with Crippen LogP contribution in [-0.2, 0) is 17.6 Å². The molecular weight excluding hydrogens is 367 g/mol. The Labute approximate surface area is 159 Å². The molecule has 0 saturated carbocycles. The molecule has 2 amide bonds. The number of thiazole rings is 1. The molecule has 27 heavy (non-hydrogen) atoms. The molecule has 0 fully saturated rings. The number of hydrogen-bond donors (Lipinski definition) is 2. The van der Waals surface area contributed by atoms with Crippen LogP contribution in [0.15, 0.2) is 54.2 Å². The number of hydrogen-bond acceptors (Lipinski definition) is 5. The molecule has 0 atom stereocenters. The van der Waals surface area contributed by atoms with E-state index in [1.54, 1.807) is 17.8 Å². The predicted molar refractivity (Wildman–Crippen MR) is 101 cm³/mol. The van der Waals surface area contributed by atoms with E-state index in [-0.39, 0.29) is 18.2 Å². The van der Waals surface area contributed by atoms with Gasteiger partial charge in [0.1, 0.15) is 5.82 Å².